The van der Waals surface area contributed by atoms with Crippen molar-refractivity contribution < 1.29 is 0 Å². The van der Waals surface area contributed by atoms with Crippen LogP contribution in [0.25, 0.3) is 0 Å². The molecule has 2 N–H and O–H groups in total. The Bertz CT molecular complexity index is 216. The van der Waals surface area contributed by atoms with Crippen LogP contribution in [0.15, 0.2) is 0 Å². The van der Waals surface area contributed by atoms with Gasteiger partial charge in [-0.1, -0.05) is 84.5 Å². The standard InChI is InChI=1S/C20H41N/c1-3-12-20(17-21)16-18(4-2)15-19-13-10-8-6-5-7-9-11-14-19/h18-20H,3-17,21H2,1-2H3. The summed E-state index contributed by atoms with van der Waals surface area (Å²) in [5, 5.41) is 0. The fourth-order valence-corrected chi connectivity index (χ4v) is 4.24. The van der Waals surface area contributed by atoms with Crippen LogP contribution in [0.2, 0.25) is 0 Å². The van der Waals surface area contributed by atoms with Crippen LogP contribution in [0.5, 0.6) is 0 Å². The van der Waals surface area contributed by atoms with E-state index in [0.717, 1.165) is 24.3 Å². The third-order valence-corrected chi connectivity index (χ3v) is 5.67. The fourth-order valence-electron chi connectivity index (χ4n) is 4.24. The summed E-state index contributed by atoms with van der Waals surface area (Å²) in [5.74, 6) is 2.71. The van der Waals surface area contributed by atoms with Gasteiger partial charge in [0.1, 0.15) is 0 Å². The molecule has 0 aliphatic heterocycles. The zero-order chi connectivity index (χ0) is 15.3. The number of rotatable bonds is 8. The van der Waals surface area contributed by atoms with Crippen LogP contribution in [0.4, 0.5) is 0 Å². The van der Waals surface area contributed by atoms with Gasteiger partial charge in [-0.15, -0.1) is 0 Å². The van der Waals surface area contributed by atoms with E-state index in [9.17, 15) is 0 Å². The number of hydrogen-bond donors (Lipinski definition) is 1. The van der Waals surface area contributed by atoms with Crippen LogP contribution in [0.1, 0.15) is 104 Å². The SMILES string of the molecule is CCCC(CN)CC(CC)CC1CCCCCCCCC1. The quantitative estimate of drug-likeness (QED) is 0.558. The minimum atomic E-state index is 0.777. The Morgan fingerprint density at radius 2 is 1.43 bits per heavy atom. The lowest BCUT2D eigenvalue weighted by Gasteiger charge is -2.26. The molecule has 0 radical (unpaired) electrons. The second-order valence-corrected chi connectivity index (χ2v) is 7.55. The van der Waals surface area contributed by atoms with Crippen molar-refractivity contribution in [1.29, 1.82) is 0 Å². The molecule has 0 aromatic heterocycles. The van der Waals surface area contributed by atoms with E-state index >= 15 is 0 Å². The average molecular weight is 296 g/mol. The van der Waals surface area contributed by atoms with Crippen molar-refractivity contribution in [3.05, 3.63) is 0 Å². The Labute approximate surface area is 134 Å². The van der Waals surface area contributed by atoms with Gasteiger partial charge in [0.05, 0.1) is 0 Å². The van der Waals surface area contributed by atoms with Crippen molar-refractivity contribution in [1.82, 2.24) is 0 Å². The van der Waals surface area contributed by atoms with E-state index in [4.69, 9.17) is 5.73 Å². The first-order valence-electron chi connectivity index (χ1n) is 10.00. The molecule has 1 aliphatic rings. The van der Waals surface area contributed by atoms with Crippen LogP contribution in [0.3, 0.4) is 0 Å². The van der Waals surface area contributed by atoms with Crippen LogP contribution >= 0.6 is 0 Å². The highest BCUT2D eigenvalue weighted by atomic mass is 14.5. The Morgan fingerprint density at radius 3 is 1.90 bits per heavy atom. The lowest BCUT2D eigenvalue weighted by atomic mass is 9.80. The molecule has 0 aromatic carbocycles. The summed E-state index contributed by atoms with van der Waals surface area (Å²) in [4.78, 5) is 0. The highest BCUT2D eigenvalue weighted by Gasteiger charge is 2.19. The van der Waals surface area contributed by atoms with Crippen LogP contribution in [-0.4, -0.2) is 6.54 Å². The molecule has 0 amide bonds. The van der Waals surface area contributed by atoms with Crippen LogP contribution < -0.4 is 5.73 Å². The second-order valence-electron chi connectivity index (χ2n) is 7.55. The van der Waals surface area contributed by atoms with Crippen molar-refractivity contribution >= 4 is 0 Å². The Kier molecular flexibility index (Phi) is 11.3. The molecule has 0 spiro atoms. The third-order valence-electron chi connectivity index (χ3n) is 5.67. The van der Waals surface area contributed by atoms with Crippen molar-refractivity contribution in [3.63, 3.8) is 0 Å². The minimum Gasteiger partial charge on any atom is -0.330 e. The molecule has 2 unspecified atom stereocenters. The van der Waals surface area contributed by atoms with E-state index in [1.807, 2.05) is 0 Å². The average Bonchev–Trinajstić information content (AvgIpc) is 2.52. The fraction of sp³-hybridized carbons (Fsp3) is 1.00. The molecule has 21 heavy (non-hydrogen) atoms. The molecule has 126 valence electrons. The third kappa shape index (κ3) is 8.86. The first-order valence-corrected chi connectivity index (χ1v) is 10.00. The van der Waals surface area contributed by atoms with Crippen molar-refractivity contribution in [2.45, 2.75) is 104 Å². The Morgan fingerprint density at radius 1 is 0.857 bits per heavy atom. The van der Waals surface area contributed by atoms with Crippen molar-refractivity contribution in [3.8, 4) is 0 Å². The zero-order valence-corrected chi connectivity index (χ0v) is 14.9. The van der Waals surface area contributed by atoms with E-state index < -0.39 is 0 Å². The first kappa shape index (κ1) is 19.0. The lowest BCUT2D eigenvalue weighted by Crippen LogP contribution is -2.19. The molecule has 1 fully saturated rings. The molecule has 1 saturated carbocycles. The molecular formula is C20H41N. The molecular weight excluding hydrogens is 254 g/mol. The molecule has 1 aliphatic carbocycles. The van der Waals surface area contributed by atoms with E-state index in [2.05, 4.69) is 13.8 Å². The molecule has 1 rings (SSSR count). The number of hydrogen-bond acceptors (Lipinski definition) is 1. The van der Waals surface area contributed by atoms with Crippen molar-refractivity contribution in [2.75, 3.05) is 6.54 Å². The normalized spacial score (nSPS) is 21.9. The first-order chi connectivity index (χ1) is 10.3. The van der Waals surface area contributed by atoms with Gasteiger partial charge in [-0.05, 0) is 43.6 Å². The maximum atomic E-state index is 5.98. The predicted octanol–water partition coefficient (Wildman–Crippen LogP) is 6.31. The van der Waals surface area contributed by atoms with Gasteiger partial charge < -0.3 is 5.73 Å². The molecule has 0 bridgehead atoms. The summed E-state index contributed by atoms with van der Waals surface area (Å²) in [5.41, 5.74) is 5.98. The zero-order valence-electron chi connectivity index (χ0n) is 14.9. The van der Waals surface area contributed by atoms with Crippen LogP contribution in [-0.2, 0) is 0 Å². The molecule has 1 heteroatoms. The lowest BCUT2D eigenvalue weighted by molar-refractivity contribution is 0.261. The predicted molar refractivity (Wildman–Crippen MR) is 95.5 cm³/mol. The summed E-state index contributed by atoms with van der Waals surface area (Å²) in [6.45, 7) is 5.59. The summed E-state index contributed by atoms with van der Waals surface area (Å²) in [6.07, 6.45) is 20.2. The summed E-state index contributed by atoms with van der Waals surface area (Å²) in [6, 6.07) is 0. The molecule has 1 nitrogen and oxygen atoms in total. The molecule has 0 saturated heterocycles. The largest absolute Gasteiger partial charge is 0.330 e. The van der Waals surface area contributed by atoms with Gasteiger partial charge in [0.2, 0.25) is 0 Å². The summed E-state index contributed by atoms with van der Waals surface area (Å²) >= 11 is 0. The smallest absolute Gasteiger partial charge is 0.00488 e. The van der Waals surface area contributed by atoms with Crippen molar-refractivity contribution in [2.24, 2.45) is 23.5 Å². The van der Waals surface area contributed by atoms with E-state index in [0.29, 0.717) is 0 Å². The topological polar surface area (TPSA) is 26.0 Å². The second kappa shape index (κ2) is 12.5. The van der Waals surface area contributed by atoms with Gasteiger partial charge in [0.25, 0.3) is 0 Å². The highest BCUT2D eigenvalue weighted by Crippen LogP contribution is 2.31. The minimum absolute atomic E-state index is 0.777. The maximum absolute atomic E-state index is 5.98. The van der Waals surface area contributed by atoms with Crippen LogP contribution in [0, 0.1) is 17.8 Å². The van der Waals surface area contributed by atoms with Gasteiger partial charge >= 0.3 is 0 Å². The molecule has 2 atom stereocenters. The van der Waals surface area contributed by atoms with E-state index in [-0.39, 0.29) is 0 Å². The maximum Gasteiger partial charge on any atom is -0.00488 e. The van der Waals surface area contributed by atoms with Gasteiger partial charge in [0, 0.05) is 0 Å². The van der Waals surface area contributed by atoms with Gasteiger partial charge in [-0.25, -0.2) is 0 Å². The Hall–Kier alpha value is -0.0400. The van der Waals surface area contributed by atoms with E-state index in [1.165, 1.54) is 89.9 Å². The monoisotopic (exact) mass is 295 g/mol. The van der Waals surface area contributed by atoms with Gasteiger partial charge in [0.15, 0.2) is 0 Å². The van der Waals surface area contributed by atoms with Gasteiger partial charge in [-0.2, -0.15) is 0 Å². The highest BCUT2D eigenvalue weighted by molar-refractivity contribution is 4.71. The van der Waals surface area contributed by atoms with E-state index in [1.54, 1.807) is 0 Å². The summed E-state index contributed by atoms with van der Waals surface area (Å²) in [7, 11) is 0. The number of nitrogens with two attached hydrogens (primary N) is 1. The molecule has 0 heterocycles. The Balaban J connectivity index is 2.40. The summed E-state index contributed by atoms with van der Waals surface area (Å²) < 4.78 is 0. The molecule has 0 aromatic rings. The van der Waals surface area contributed by atoms with Gasteiger partial charge in [-0.3, -0.25) is 0 Å².